The van der Waals surface area contributed by atoms with Crippen LogP contribution in [0.1, 0.15) is 52.9 Å². The van der Waals surface area contributed by atoms with E-state index < -0.39 is 5.60 Å². The fraction of sp³-hybridized carbons (Fsp3) is 0.857. The van der Waals surface area contributed by atoms with Crippen molar-refractivity contribution < 1.29 is 14.3 Å². The van der Waals surface area contributed by atoms with Gasteiger partial charge in [-0.25, -0.2) is 4.79 Å². The number of ether oxygens (including phenoxy) is 1. The minimum absolute atomic E-state index is 0.214. The van der Waals surface area contributed by atoms with Gasteiger partial charge < -0.3 is 9.64 Å². The molecule has 0 spiro atoms. The van der Waals surface area contributed by atoms with Crippen LogP contribution in [0.5, 0.6) is 0 Å². The van der Waals surface area contributed by atoms with E-state index >= 15 is 0 Å². The quantitative estimate of drug-likeness (QED) is 0.722. The highest BCUT2D eigenvalue weighted by atomic mass is 16.6. The number of hydrogen-bond acceptors (Lipinski definition) is 3. The van der Waals surface area contributed by atoms with Crippen molar-refractivity contribution in [2.24, 2.45) is 5.92 Å². The highest BCUT2D eigenvalue weighted by Crippen LogP contribution is 2.35. The fourth-order valence-corrected chi connectivity index (χ4v) is 2.79. The maximum atomic E-state index is 12.2. The summed E-state index contributed by atoms with van der Waals surface area (Å²) >= 11 is 0. The summed E-state index contributed by atoms with van der Waals surface area (Å²) in [5.74, 6) is 0.694. The van der Waals surface area contributed by atoms with Gasteiger partial charge in [-0.15, -0.1) is 0 Å². The van der Waals surface area contributed by atoms with Gasteiger partial charge in [0.1, 0.15) is 11.4 Å². The van der Waals surface area contributed by atoms with E-state index in [1.807, 2.05) is 25.7 Å². The molecule has 4 heteroatoms. The van der Waals surface area contributed by atoms with Crippen LogP contribution in [-0.2, 0) is 9.53 Å². The Kier molecular flexibility index (Phi) is 3.64. The normalized spacial score (nSPS) is 25.8. The molecule has 0 bridgehead atoms. The molecule has 0 aromatic heterocycles. The lowest BCUT2D eigenvalue weighted by atomic mass is 9.75. The molecule has 1 atom stereocenters. The Morgan fingerprint density at radius 3 is 2.50 bits per heavy atom. The number of Topliss-reactive ketones (excluding diaryl/α,β-unsaturated/α-hetero) is 1. The van der Waals surface area contributed by atoms with Gasteiger partial charge in [0, 0.05) is 25.4 Å². The molecule has 2 fully saturated rings. The van der Waals surface area contributed by atoms with E-state index in [9.17, 15) is 9.59 Å². The molecule has 0 N–H and O–H groups in total. The molecule has 1 aliphatic heterocycles. The predicted molar refractivity (Wildman–Crippen MR) is 68.3 cm³/mol. The van der Waals surface area contributed by atoms with Gasteiger partial charge in [-0.1, -0.05) is 0 Å². The maximum Gasteiger partial charge on any atom is 0.410 e. The molecule has 0 aromatic carbocycles. The van der Waals surface area contributed by atoms with Gasteiger partial charge in [0.25, 0.3) is 0 Å². The lowest BCUT2D eigenvalue weighted by Gasteiger charge is -2.43. The van der Waals surface area contributed by atoms with Crippen molar-refractivity contribution in [2.75, 3.05) is 6.54 Å². The average molecular weight is 253 g/mol. The Labute approximate surface area is 109 Å². The van der Waals surface area contributed by atoms with Crippen molar-refractivity contribution in [2.45, 2.75) is 64.5 Å². The summed E-state index contributed by atoms with van der Waals surface area (Å²) in [6.45, 7) is 6.43. The Morgan fingerprint density at radius 1 is 1.28 bits per heavy atom. The second-order valence-electron chi connectivity index (χ2n) is 6.44. The molecule has 1 unspecified atom stereocenters. The summed E-state index contributed by atoms with van der Waals surface area (Å²) in [6, 6.07) is 0.214. The number of nitrogens with zero attached hydrogens (tertiary/aromatic N) is 1. The number of ketones is 1. The van der Waals surface area contributed by atoms with E-state index in [0.717, 1.165) is 25.8 Å². The van der Waals surface area contributed by atoms with Crippen LogP contribution >= 0.6 is 0 Å². The smallest absolute Gasteiger partial charge is 0.410 e. The number of likely N-dealkylation sites (tertiary alicyclic amines) is 1. The zero-order chi connectivity index (χ0) is 13.3. The number of amides is 1. The minimum Gasteiger partial charge on any atom is -0.444 e. The SMILES string of the molecule is CC(C)(C)OC(=O)N1CCCCC1C1CC(=O)C1. The van der Waals surface area contributed by atoms with Crippen molar-refractivity contribution in [3.05, 3.63) is 0 Å². The van der Waals surface area contributed by atoms with E-state index in [1.54, 1.807) is 0 Å². The van der Waals surface area contributed by atoms with Gasteiger partial charge in [-0.05, 0) is 46.0 Å². The standard InChI is InChI=1S/C14H23NO3/c1-14(2,3)18-13(17)15-7-5-4-6-12(15)10-8-11(16)9-10/h10,12H,4-9H2,1-3H3. The monoisotopic (exact) mass is 253 g/mol. The number of carbonyl (C=O) groups excluding carboxylic acids is 2. The third-order valence-corrected chi connectivity index (χ3v) is 3.70. The molecular weight excluding hydrogens is 230 g/mol. The van der Waals surface area contributed by atoms with Crippen LogP contribution in [0, 0.1) is 5.92 Å². The summed E-state index contributed by atoms with van der Waals surface area (Å²) in [4.78, 5) is 25.1. The first-order chi connectivity index (χ1) is 8.37. The van der Waals surface area contributed by atoms with Gasteiger partial charge >= 0.3 is 6.09 Å². The molecule has 1 amide bonds. The largest absolute Gasteiger partial charge is 0.444 e. The molecule has 0 radical (unpaired) electrons. The van der Waals surface area contributed by atoms with Crippen molar-refractivity contribution >= 4 is 11.9 Å². The van der Waals surface area contributed by atoms with E-state index in [1.165, 1.54) is 0 Å². The van der Waals surface area contributed by atoms with Crippen molar-refractivity contribution in [1.82, 2.24) is 4.90 Å². The van der Waals surface area contributed by atoms with Crippen LogP contribution in [0.15, 0.2) is 0 Å². The highest BCUT2D eigenvalue weighted by Gasteiger charge is 2.40. The van der Waals surface area contributed by atoms with E-state index in [2.05, 4.69) is 0 Å². The summed E-state index contributed by atoms with van der Waals surface area (Å²) in [7, 11) is 0. The molecule has 4 nitrogen and oxygen atoms in total. The van der Waals surface area contributed by atoms with E-state index in [4.69, 9.17) is 4.74 Å². The summed E-state index contributed by atoms with van der Waals surface area (Å²) < 4.78 is 5.46. The summed E-state index contributed by atoms with van der Waals surface area (Å²) in [5, 5.41) is 0. The van der Waals surface area contributed by atoms with E-state index in [0.29, 0.717) is 24.5 Å². The second-order valence-corrected chi connectivity index (χ2v) is 6.44. The molecule has 102 valence electrons. The van der Waals surface area contributed by atoms with Crippen LogP contribution in [-0.4, -0.2) is 35.0 Å². The minimum atomic E-state index is -0.450. The van der Waals surface area contributed by atoms with Gasteiger partial charge in [0.15, 0.2) is 0 Å². The summed E-state index contributed by atoms with van der Waals surface area (Å²) in [5.41, 5.74) is -0.450. The van der Waals surface area contributed by atoms with Gasteiger partial charge in [-0.2, -0.15) is 0 Å². The molecule has 2 rings (SSSR count). The Balaban J connectivity index is 1.99. The van der Waals surface area contributed by atoms with Crippen molar-refractivity contribution in [3.63, 3.8) is 0 Å². The first-order valence-electron chi connectivity index (χ1n) is 6.88. The van der Waals surface area contributed by atoms with Gasteiger partial charge in [0.2, 0.25) is 0 Å². The third kappa shape index (κ3) is 3.03. The first-order valence-corrected chi connectivity index (χ1v) is 6.88. The third-order valence-electron chi connectivity index (χ3n) is 3.70. The van der Waals surface area contributed by atoms with Crippen LogP contribution in [0.25, 0.3) is 0 Å². The van der Waals surface area contributed by atoms with Crippen LogP contribution in [0.4, 0.5) is 4.79 Å². The second kappa shape index (κ2) is 4.90. The molecule has 1 heterocycles. The van der Waals surface area contributed by atoms with Crippen molar-refractivity contribution in [3.8, 4) is 0 Å². The predicted octanol–water partition coefficient (Wildman–Crippen LogP) is 2.76. The van der Waals surface area contributed by atoms with E-state index in [-0.39, 0.29) is 12.1 Å². The number of hydrogen-bond donors (Lipinski definition) is 0. The first kappa shape index (κ1) is 13.4. The molecule has 0 aromatic rings. The Hall–Kier alpha value is -1.06. The van der Waals surface area contributed by atoms with Gasteiger partial charge in [0.05, 0.1) is 0 Å². The van der Waals surface area contributed by atoms with Crippen LogP contribution < -0.4 is 0 Å². The van der Waals surface area contributed by atoms with Crippen LogP contribution in [0.3, 0.4) is 0 Å². The Bertz CT molecular complexity index is 337. The van der Waals surface area contributed by atoms with Crippen LogP contribution in [0.2, 0.25) is 0 Å². The zero-order valence-corrected chi connectivity index (χ0v) is 11.6. The molecular formula is C14H23NO3. The molecule has 18 heavy (non-hydrogen) atoms. The molecule has 1 saturated heterocycles. The topological polar surface area (TPSA) is 46.6 Å². The van der Waals surface area contributed by atoms with Gasteiger partial charge in [-0.3, -0.25) is 4.79 Å². The average Bonchev–Trinajstić information content (AvgIpc) is 2.22. The molecule has 1 aliphatic carbocycles. The number of carbonyl (C=O) groups is 2. The molecule has 2 aliphatic rings. The lowest BCUT2D eigenvalue weighted by Crippen LogP contribution is -2.52. The Morgan fingerprint density at radius 2 is 1.94 bits per heavy atom. The summed E-state index contributed by atoms with van der Waals surface area (Å²) in [6.07, 6.45) is 4.27. The number of rotatable bonds is 1. The highest BCUT2D eigenvalue weighted by molar-refractivity contribution is 5.85. The lowest BCUT2D eigenvalue weighted by molar-refractivity contribution is -0.129. The zero-order valence-electron chi connectivity index (χ0n) is 11.6. The number of piperidine rings is 1. The van der Waals surface area contributed by atoms with Crippen molar-refractivity contribution in [1.29, 1.82) is 0 Å². The fourth-order valence-electron chi connectivity index (χ4n) is 2.79. The molecule has 1 saturated carbocycles. The maximum absolute atomic E-state index is 12.2.